The Hall–Kier alpha value is -2.22. The minimum atomic E-state index is -4.91. The van der Waals surface area contributed by atoms with Crippen molar-refractivity contribution in [2.75, 3.05) is 0 Å². The maximum atomic E-state index is 12.9. The number of aliphatic hydroxyl groups is 1. The molecule has 0 fully saturated rings. The summed E-state index contributed by atoms with van der Waals surface area (Å²) < 4.78 is 79.3. The number of rotatable bonds is 3. The average molecular weight is 336 g/mol. The van der Waals surface area contributed by atoms with Crippen LogP contribution in [0, 0.1) is 0 Å². The third-order valence-electron chi connectivity index (χ3n) is 3.02. The van der Waals surface area contributed by atoms with E-state index in [-0.39, 0.29) is 11.1 Å². The van der Waals surface area contributed by atoms with Gasteiger partial charge in [-0.2, -0.15) is 13.2 Å². The number of alkyl halides is 6. The van der Waals surface area contributed by atoms with Crippen molar-refractivity contribution >= 4 is 0 Å². The second kappa shape index (κ2) is 6.11. The predicted octanol–water partition coefficient (Wildman–Crippen LogP) is 4.76. The summed E-state index contributed by atoms with van der Waals surface area (Å²) in [6.07, 6.45) is -9.60. The number of halogens is 6. The Balaban J connectivity index is 2.53. The zero-order valence-electron chi connectivity index (χ0n) is 11.4. The summed E-state index contributed by atoms with van der Waals surface area (Å²) in [4.78, 5) is 0. The molecule has 0 aromatic heterocycles. The first-order valence-corrected chi connectivity index (χ1v) is 6.28. The number of benzene rings is 2. The van der Waals surface area contributed by atoms with Gasteiger partial charge in [0.05, 0.1) is 12.2 Å². The zero-order valence-corrected chi connectivity index (χ0v) is 11.4. The van der Waals surface area contributed by atoms with Crippen LogP contribution in [0.4, 0.5) is 26.3 Å². The molecule has 0 saturated carbocycles. The van der Waals surface area contributed by atoms with Crippen LogP contribution < -0.4 is 4.74 Å². The summed E-state index contributed by atoms with van der Waals surface area (Å²) in [6.45, 7) is -0.907. The van der Waals surface area contributed by atoms with Gasteiger partial charge in [-0.15, -0.1) is 13.2 Å². The van der Waals surface area contributed by atoms with Gasteiger partial charge in [0.1, 0.15) is 5.75 Å². The zero-order chi connectivity index (χ0) is 17.3. The van der Waals surface area contributed by atoms with Crippen LogP contribution in [-0.4, -0.2) is 11.5 Å². The Bertz CT molecular complexity index is 691. The quantitative estimate of drug-likeness (QED) is 0.819. The molecule has 124 valence electrons. The highest BCUT2D eigenvalue weighted by Gasteiger charge is 2.34. The minimum Gasteiger partial charge on any atom is -0.406 e. The normalized spacial score (nSPS) is 12.3. The van der Waals surface area contributed by atoms with Gasteiger partial charge in [0.25, 0.3) is 0 Å². The average Bonchev–Trinajstić information content (AvgIpc) is 2.44. The number of hydrogen-bond donors (Lipinski definition) is 1. The van der Waals surface area contributed by atoms with E-state index >= 15 is 0 Å². The number of ether oxygens (including phenoxy) is 1. The molecule has 0 spiro atoms. The lowest BCUT2D eigenvalue weighted by Gasteiger charge is -2.16. The van der Waals surface area contributed by atoms with Gasteiger partial charge < -0.3 is 9.84 Å². The molecule has 0 aliphatic heterocycles. The highest BCUT2D eigenvalue weighted by molar-refractivity contribution is 5.70. The lowest BCUT2D eigenvalue weighted by molar-refractivity contribution is -0.274. The van der Waals surface area contributed by atoms with Crippen LogP contribution in [0.2, 0.25) is 0 Å². The van der Waals surface area contributed by atoms with Crippen molar-refractivity contribution in [3.8, 4) is 16.9 Å². The first kappa shape index (κ1) is 17.1. The van der Waals surface area contributed by atoms with E-state index in [1.165, 1.54) is 18.2 Å². The molecular formula is C15H10F6O2. The molecule has 2 aromatic carbocycles. The topological polar surface area (TPSA) is 29.5 Å². The van der Waals surface area contributed by atoms with Crippen LogP contribution >= 0.6 is 0 Å². The molecule has 2 rings (SSSR count). The van der Waals surface area contributed by atoms with Gasteiger partial charge in [-0.3, -0.25) is 0 Å². The SMILES string of the molecule is OCc1c(-c2cccc(OC(F)(F)F)c2)cccc1C(F)(F)F. The molecule has 0 amide bonds. The van der Waals surface area contributed by atoms with Gasteiger partial charge in [0.2, 0.25) is 0 Å². The van der Waals surface area contributed by atoms with Crippen molar-refractivity contribution in [3.05, 3.63) is 53.6 Å². The second-order valence-corrected chi connectivity index (χ2v) is 4.56. The largest absolute Gasteiger partial charge is 0.573 e. The second-order valence-electron chi connectivity index (χ2n) is 4.56. The van der Waals surface area contributed by atoms with E-state index in [0.717, 1.165) is 24.3 Å². The molecule has 0 saturated heterocycles. The van der Waals surface area contributed by atoms with Crippen LogP contribution in [-0.2, 0) is 12.8 Å². The Morgan fingerprint density at radius 1 is 0.913 bits per heavy atom. The molecule has 0 aliphatic rings. The smallest absolute Gasteiger partial charge is 0.406 e. The third-order valence-corrected chi connectivity index (χ3v) is 3.02. The summed E-state index contributed by atoms with van der Waals surface area (Å²) in [5.41, 5.74) is -1.40. The Labute approximate surface area is 126 Å². The lowest BCUT2D eigenvalue weighted by Crippen LogP contribution is -2.17. The molecule has 23 heavy (non-hydrogen) atoms. The summed E-state index contributed by atoms with van der Waals surface area (Å²) in [6, 6.07) is 7.74. The van der Waals surface area contributed by atoms with Crippen molar-refractivity contribution < 1.29 is 36.2 Å². The molecule has 0 aliphatic carbocycles. The Kier molecular flexibility index (Phi) is 4.56. The van der Waals surface area contributed by atoms with E-state index in [9.17, 15) is 31.4 Å². The first-order valence-electron chi connectivity index (χ1n) is 6.28. The molecular weight excluding hydrogens is 326 g/mol. The van der Waals surface area contributed by atoms with E-state index in [4.69, 9.17) is 0 Å². The van der Waals surface area contributed by atoms with Crippen LogP contribution in [0.1, 0.15) is 11.1 Å². The Morgan fingerprint density at radius 2 is 1.57 bits per heavy atom. The van der Waals surface area contributed by atoms with E-state index in [1.54, 1.807) is 0 Å². The van der Waals surface area contributed by atoms with E-state index in [2.05, 4.69) is 4.74 Å². The van der Waals surface area contributed by atoms with Crippen LogP contribution in [0.15, 0.2) is 42.5 Å². The standard InChI is InChI=1S/C15H10F6O2/c16-14(17,18)13-6-2-5-11(12(13)8-22)9-3-1-4-10(7-9)23-15(19,20)21/h1-7,22H,8H2. The number of hydrogen-bond acceptors (Lipinski definition) is 2. The molecule has 1 N–H and O–H groups in total. The summed E-state index contributed by atoms with van der Waals surface area (Å²) in [5, 5.41) is 9.27. The fourth-order valence-corrected chi connectivity index (χ4v) is 2.15. The fourth-order valence-electron chi connectivity index (χ4n) is 2.15. The van der Waals surface area contributed by atoms with Crippen molar-refractivity contribution in [1.82, 2.24) is 0 Å². The number of aliphatic hydroxyl groups excluding tert-OH is 1. The van der Waals surface area contributed by atoms with Gasteiger partial charge in [-0.1, -0.05) is 24.3 Å². The van der Waals surface area contributed by atoms with E-state index in [0.29, 0.717) is 0 Å². The predicted molar refractivity (Wildman–Crippen MR) is 69.5 cm³/mol. The summed E-state index contributed by atoms with van der Waals surface area (Å²) >= 11 is 0. The summed E-state index contributed by atoms with van der Waals surface area (Å²) in [7, 11) is 0. The van der Waals surface area contributed by atoms with Gasteiger partial charge in [-0.05, 0) is 34.9 Å². The maximum Gasteiger partial charge on any atom is 0.573 e. The van der Waals surface area contributed by atoms with E-state index in [1.807, 2.05) is 0 Å². The highest BCUT2D eigenvalue weighted by Crippen LogP contribution is 2.37. The maximum absolute atomic E-state index is 12.9. The lowest BCUT2D eigenvalue weighted by atomic mass is 9.95. The molecule has 0 atom stereocenters. The van der Waals surface area contributed by atoms with Crippen LogP contribution in [0.25, 0.3) is 11.1 Å². The van der Waals surface area contributed by atoms with Gasteiger partial charge in [-0.25, -0.2) is 0 Å². The highest BCUT2D eigenvalue weighted by atomic mass is 19.4. The van der Waals surface area contributed by atoms with Gasteiger partial charge in [0.15, 0.2) is 0 Å². The van der Waals surface area contributed by atoms with E-state index < -0.39 is 36.0 Å². The third kappa shape index (κ3) is 4.16. The van der Waals surface area contributed by atoms with Gasteiger partial charge in [0, 0.05) is 0 Å². The monoisotopic (exact) mass is 336 g/mol. The molecule has 2 aromatic rings. The molecule has 2 nitrogen and oxygen atoms in total. The summed E-state index contributed by atoms with van der Waals surface area (Å²) in [5.74, 6) is -0.559. The molecule has 0 bridgehead atoms. The van der Waals surface area contributed by atoms with Gasteiger partial charge >= 0.3 is 12.5 Å². The minimum absolute atomic E-state index is 0.0186. The Morgan fingerprint density at radius 3 is 2.13 bits per heavy atom. The fraction of sp³-hybridized carbons (Fsp3) is 0.200. The van der Waals surface area contributed by atoms with Crippen molar-refractivity contribution in [2.24, 2.45) is 0 Å². The first-order chi connectivity index (χ1) is 10.6. The molecule has 8 heteroatoms. The molecule has 0 heterocycles. The van der Waals surface area contributed by atoms with Crippen LogP contribution in [0.5, 0.6) is 5.75 Å². The molecule has 0 radical (unpaired) electrons. The van der Waals surface area contributed by atoms with Crippen molar-refractivity contribution in [3.63, 3.8) is 0 Å². The molecule has 0 unspecified atom stereocenters. The van der Waals surface area contributed by atoms with Crippen molar-refractivity contribution in [1.29, 1.82) is 0 Å². The van der Waals surface area contributed by atoms with Crippen molar-refractivity contribution in [2.45, 2.75) is 19.1 Å². The van der Waals surface area contributed by atoms with Crippen LogP contribution in [0.3, 0.4) is 0 Å².